The molecule has 2 aliphatic rings. The molecule has 1 fully saturated rings. The molecule has 16 heteroatoms. The molecule has 1 saturated heterocycles. The number of nitrogens with two attached hydrogens (primary N) is 1. The van der Waals surface area contributed by atoms with Gasteiger partial charge in [0.2, 0.25) is 17.7 Å². The number of carboxylic acids is 1. The predicted molar refractivity (Wildman–Crippen MR) is 182 cm³/mol. The lowest BCUT2D eigenvalue weighted by molar-refractivity contribution is -0.142. The third-order valence-corrected chi connectivity index (χ3v) is 10.6. The van der Waals surface area contributed by atoms with Gasteiger partial charge in [-0.15, -0.1) is 11.3 Å². The summed E-state index contributed by atoms with van der Waals surface area (Å²) < 4.78 is 13.0. The van der Waals surface area contributed by atoms with Crippen LogP contribution in [0.2, 0.25) is 0 Å². The molecule has 5 heterocycles. The monoisotopic (exact) mass is 689 g/mol. The molecule has 4 aromatic heterocycles. The van der Waals surface area contributed by atoms with Gasteiger partial charge in [-0.05, 0) is 77.4 Å². The molecule has 0 aromatic carbocycles. The van der Waals surface area contributed by atoms with Crippen molar-refractivity contribution in [3.05, 3.63) is 40.4 Å². The van der Waals surface area contributed by atoms with Crippen molar-refractivity contribution in [2.45, 2.75) is 83.7 Å². The summed E-state index contributed by atoms with van der Waals surface area (Å²) >= 11 is 1.48. The summed E-state index contributed by atoms with van der Waals surface area (Å²) in [5.41, 5.74) is 7.63. The van der Waals surface area contributed by atoms with Crippen molar-refractivity contribution in [1.29, 1.82) is 5.26 Å². The van der Waals surface area contributed by atoms with Gasteiger partial charge < -0.3 is 29.9 Å². The van der Waals surface area contributed by atoms with Gasteiger partial charge in [-0.2, -0.15) is 10.2 Å². The second-order valence-electron chi connectivity index (χ2n) is 13.4. The highest BCUT2D eigenvalue weighted by molar-refractivity contribution is 7.16. The number of aliphatic carboxylic acids is 1. The number of ether oxygens (including phenoxy) is 1. The SMILES string of the molecule is CC(C)C(C(=O)O)n1cc(OCCCCN2CCCN(c3nccc(-c4noc([C@@]5(C)CCCc6sc(N)c(C#N)c65)n4)n3)[C@@H](C)C2)nn1. The van der Waals surface area contributed by atoms with Crippen molar-refractivity contribution >= 4 is 28.3 Å². The average molecular weight is 690 g/mol. The zero-order valence-electron chi connectivity index (χ0n) is 28.4. The number of fused-ring (bicyclic) bond motifs is 1. The van der Waals surface area contributed by atoms with Gasteiger partial charge in [0.1, 0.15) is 16.8 Å². The minimum Gasteiger partial charge on any atom is -0.480 e. The highest BCUT2D eigenvalue weighted by Crippen LogP contribution is 2.48. The van der Waals surface area contributed by atoms with Crippen LogP contribution in [0.15, 0.2) is 23.0 Å². The maximum Gasteiger partial charge on any atom is 0.328 e. The molecule has 0 amide bonds. The number of nitrogen functional groups attached to an aromatic ring is 1. The number of nitriles is 1. The first kappa shape index (κ1) is 34.3. The highest BCUT2D eigenvalue weighted by Gasteiger charge is 2.43. The molecule has 1 aliphatic carbocycles. The fourth-order valence-electron chi connectivity index (χ4n) is 7.00. The summed E-state index contributed by atoms with van der Waals surface area (Å²) in [6.07, 6.45) is 8.66. The van der Waals surface area contributed by atoms with Gasteiger partial charge in [0, 0.05) is 35.8 Å². The molecule has 15 nitrogen and oxygen atoms in total. The first-order chi connectivity index (χ1) is 23.6. The molecule has 49 heavy (non-hydrogen) atoms. The number of nitrogens with zero attached hydrogens (tertiary/aromatic N) is 10. The minimum absolute atomic E-state index is 0.125. The third kappa shape index (κ3) is 7.09. The Labute approximate surface area is 289 Å². The number of carboxylic acid groups (broad SMARTS) is 1. The molecule has 0 saturated carbocycles. The van der Waals surface area contributed by atoms with Crippen LogP contribution in [0.4, 0.5) is 10.9 Å². The second-order valence-corrected chi connectivity index (χ2v) is 14.6. The number of unbranched alkanes of at least 4 members (excludes halogenated alkanes) is 1. The topological polar surface area (TPSA) is 198 Å². The van der Waals surface area contributed by atoms with E-state index in [-0.39, 0.29) is 12.0 Å². The molecular weight excluding hydrogens is 647 g/mol. The Morgan fingerprint density at radius 1 is 1.29 bits per heavy atom. The van der Waals surface area contributed by atoms with E-state index in [0.717, 1.165) is 75.1 Å². The number of anilines is 2. The van der Waals surface area contributed by atoms with Crippen LogP contribution in [0, 0.1) is 17.2 Å². The molecule has 0 bridgehead atoms. The lowest BCUT2D eigenvalue weighted by atomic mass is 9.72. The summed E-state index contributed by atoms with van der Waals surface area (Å²) in [4.78, 5) is 31.7. The Morgan fingerprint density at radius 2 is 2.12 bits per heavy atom. The normalized spacial score (nSPS) is 20.5. The van der Waals surface area contributed by atoms with E-state index in [9.17, 15) is 15.2 Å². The van der Waals surface area contributed by atoms with Crippen molar-refractivity contribution in [1.82, 2.24) is 40.0 Å². The van der Waals surface area contributed by atoms with Crippen LogP contribution >= 0.6 is 11.3 Å². The Hall–Kier alpha value is -4.62. The first-order valence-corrected chi connectivity index (χ1v) is 17.7. The van der Waals surface area contributed by atoms with E-state index in [4.69, 9.17) is 25.0 Å². The standard InChI is InChI=1S/C33H43N11O4S/c1-20(2)27(30(45)46)44-19-25(39-41-44)47-16-6-5-13-42-14-8-15-43(21(3)18-42)32-36-12-10-23(37-32)29-38-31(48-40-29)33(4)11-7-9-24-26(33)22(17-34)28(35)49-24/h10,12,19-21,27H,5-9,11,13-16,18,35H2,1-4H3,(H,45,46)/t21-,27?,33-/m0/s1. The van der Waals surface area contributed by atoms with E-state index in [1.807, 2.05) is 13.8 Å². The number of rotatable bonds is 12. The van der Waals surface area contributed by atoms with Crippen molar-refractivity contribution in [3.8, 4) is 23.5 Å². The second kappa shape index (κ2) is 14.5. The summed E-state index contributed by atoms with van der Waals surface area (Å²) in [6, 6.07) is 3.49. The Balaban J connectivity index is 1.04. The summed E-state index contributed by atoms with van der Waals surface area (Å²) in [7, 11) is 0. The fraction of sp³-hybridized carbons (Fsp3) is 0.576. The van der Waals surface area contributed by atoms with Crippen molar-refractivity contribution in [2.24, 2.45) is 5.92 Å². The van der Waals surface area contributed by atoms with Gasteiger partial charge in [-0.25, -0.2) is 19.4 Å². The van der Waals surface area contributed by atoms with Gasteiger partial charge in [-0.1, -0.05) is 29.3 Å². The zero-order valence-corrected chi connectivity index (χ0v) is 29.2. The van der Waals surface area contributed by atoms with Gasteiger partial charge in [0.05, 0.1) is 23.8 Å². The summed E-state index contributed by atoms with van der Waals surface area (Å²) in [6.45, 7) is 12.0. The van der Waals surface area contributed by atoms with Gasteiger partial charge in [0.25, 0.3) is 5.88 Å². The van der Waals surface area contributed by atoms with E-state index in [1.165, 1.54) is 16.0 Å². The minimum atomic E-state index is -0.943. The summed E-state index contributed by atoms with van der Waals surface area (Å²) in [5.74, 6) is 0.756. The predicted octanol–water partition coefficient (Wildman–Crippen LogP) is 4.32. The molecule has 3 N–H and O–H groups in total. The smallest absolute Gasteiger partial charge is 0.328 e. The number of thiophene rings is 1. The molecule has 1 unspecified atom stereocenters. The molecule has 1 aliphatic heterocycles. The maximum atomic E-state index is 11.6. The molecule has 0 radical (unpaired) electrons. The van der Waals surface area contributed by atoms with Crippen molar-refractivity contribution in [2.75, 3.05) is 43.4 Å². The van der Waals surface area contributed by atoms with Crippen LogP contribution in [-0.4, -0.2) is 89.9 Å². The van der Waals surface area contributed by atoms with E-state index >= 15 is 0 Å². The Morgan fingerprint density at radius 3 is 2.90 bits per heavy atom. The maximum absolute atomic E-state index is 11.6. The highest BCUT2D eigenvalue weighted by atomic mass is 32.1. The number of hydrogen-bond donors (Lipinski definition) is 2. The third-order valence-electron chi connectivity index (χ3n) is 9.48. The lowest BCUT2D eigenvalue weighted by Crippen LogP contribution is -2.40. The van der Waals surface area contributed by atoms with Crippen molar-refractivity contribution < 1.29 is 19.2 Å². The molecule has 4 aromatic rings. The number of hydrogen-bond acceptors (Lipinski definition) is 14. The van der Waals surface area contributed by atoms with Gasteiger partial charge in [-0.3, -0.25) is 0 Å². The molecule has 3 atom stereocenters. The fourth-order valence-corrected chi connectivity index (χ4v) is 8.19. The van der Waals surface area contributed by atoms with Crippen LogP contribution in [0.5, 0.6) is 5.88 Å². The van der Waals surface area contributed by atoms with E-state index < -0.39 is 17.4 Å². The molecule has 260 valence electrons. The number of aromatic nitrogens is 7. The number of aryl methyl sites for hydroxylation is 1. The van der Waals surface area contributed by atoms with Crippen LogP contribution in [0.1, 0.15) is 87.7 Å². The Bertz CT molecular complexity index is 1810. The molecule has 0 spiro atoms. The van der Waals surface area contributed by atoms with E-state index in [2.05, 4.69) is 50.2 Å². The molecular formula is C33H43N11O4S. The zero-order chi connectivity index (χ0) is 34.7. The quantitative estimate of drug-likeness (QED) is 0.199. The Kier molecular flexibility index (Phi) is 10.1. The van der Waals surface area contributed by atoms with Crippen LogP contribution < -0.4 is 15.4 Å². The lowest BCUT2D eigenvalue weighted by Gasteiger charge is -2.30. The molecule has 6 rings (SSSR count). The van der Waals surface area contributed by atoms with E-state index in [1.54, 1.807) is 18.5 Å². The van der Waals surface area contributed by atoms with E-state index in [0.29, 0.717) is 46.4 Å². The number of carbonyl (C=O) groups is 1. The first-order valence-electron chi connectivity index (χ1n) is 16.8. The van der Waals surface area contributed by atoms with Crippen LogP contribution in [0.3, 0.4) is 0 Å². The van der Waals surface area contributed by atoms with Crippen molar-refractivity contribution in [3.63, 3.8) is 0 Å². The van der Waals surface area contributed by atoms with Crippen LogP contribution in [-0.2, 0) is 16.6 Å². The van der Waals surface area contributed by atoms with Crippen LogP contribution in [0.25, 0.3) is 11.5 Å². The summed E-state index contributed by atoms with van der Waals surface area (Å²) in [5, 5.41) is 32.1. The average Bonchev–Trinajstić information content (AvgIpc) is 3.79. The largest absolute Gasteiger partial charge is 0.480 e. The van der Waals surface area contributed by atoms with Gasteiger partial charge >= 0.3 is 5.97 Å². The van der Waals surface area contributed by atoms with Gasteiger partial charge in [0.15, 0.2) is 6.04 Å².